The molecule has 2 aromatic rings. The summed E-state index contributed by atoms with van der Waals surface area (Å²) in [6.07, 6.45) is 7.01. The van der Waals surface area contributed by atoms with Gasteiger partial charge >= 0.3 is 0 Å². The predicted molar refractivity (Wildman–Crippen MR) is 76.9 cm³/mol. The van der Waals surface area contributed by atoms with Crippen molar-refractivity contribution in [2.45, 2.75) is 46.1 Å². The molecule has 0 unspecified atom stereocenters. The second-order valence-electron chi connectivity index (χ2n) is 4.92. The average Bonchev–Trinajstić information content (AvgIpc) is 3.02. The molecule has 2 aromatic heterocycles. The number of aromatic amines is 1. The monoisotopic (exact) mass is 261 g/mol. The highest BCUT2D eigenvalue weighted by atomic mass is 16.3. The zero-order chi connectivity index (χ0) is 13.5. The summed E-state index contributed by atoms with van der Waals surface area (Å²) in [4.78, 5) is 0. The molecule has 0 aliphatic heterocycles. The van der Waals surface area contributed by atoms with Crippen LogP contribution in [0.3, 0.4) is 0 Å². The number of nitrogens with one attached hydrogen (secondary N) is 2. The lowest BCUT2D eigenvalue weighted by molar-refractivity contribution is 0.544. The molecular formula is C15H23N3O. The van der Waals surface area contributed by atoms with Crippen LogP contribution in [0.15, 0.2) is 22.7 Å². The van der Waals surface area contributed by atoms with E-state index in [1.54, 1.807) is 0 Å². The third kappa shape index (κ3) is 3.96. The van der Waals surface area contributed by atoms with E-state index in [4.69, 9.17) is 4.42 Å². The molecule has 0 aliphatic rings. The van der Waals surface area contributed by atoms with Crippen molar-refractivity contribution in [2.75, 3.05) is 6.54 Å². The lowest BCUT2D eigenvalue weighted by Gasteiger charge is -2.04. The minimum atomic E-state index is 0.831. The first-order valence-corrected chi connectivity index (χ1v) is 7.11. The average molecular weight is 261 g/mol. The largest absolute Gasteiger partial charge is 0.460 e. The Bertz CT molecular complexity index is 487. The number of rotatable bonds is 8. The third-order valence-electron chi connectivity index (χ3n) is 3.23. The highest BCUT2D eigenvalue weighted by molar-refractivity contribution is 5.56. The summed E-state index contributed by atoms with van der Waals surface area (Å²) < 4.78 is 5.63. The number of hydrogen-bond acceptors (Lipinski definition) is 3. The van der Waals surface area contributed by atoms with E-state index in [1.165, 1.54) is 25.7 Å². The van der Waals surface area contributed by atoms with E-state index < -0.39 is 0 Å². The summed E-state index contributed by atoms with van der Waals surface area (Å²) in [5.41, 5.74) is 2.14. The van der Waals surface area contributed by atoms with Gasteiger partial charge in [-0.15, -0.1) is 0 Å². The molecule has 19 heavy (non-hydrogen) atoms. The summed E-state index contributed by atoms with van der Waals surface area (Å²) in [7, 11) is 0. The van der Waals surface area contributed by atoms with Crippen molar-refractivity contribution >= 4 is 0 Å². The summed E-state index contributed by atoms with van der Waals surface area (Å²) in [6, 6.07) is 3.95. The standard InChI is InChI=1S/C15H23N3O/c1-3-4-5-6-9-16-10-13-11-17-18-15(13)14-8-7-12(2)19-14/h7-8,11,16H,3-6,9-10H2,1-2H3,(H,17,18). The third-order valence-corrected chi connectivity index (χ3v) is 3.23. The Morgan fingerprint density at radius 2 is 2.16 bits per heavy atom. The number of H-pyrrole nitrogens is 1. The topological polar surface area (TPSA) is 53.9 Å². The van der Waals surface area contributed by atoms with Gasteiger partial charge in [0.15, 0.2) is 5.76 Å². The van der Waals surface area contributed by atoms with Crippen molar-refractivity contribution in [3.63, 3.8) is 0 Å². The van der Waals surface area contributed by atoms with Gasteiger partial charge in [-0.3, -0.25) is 5.10 Å². The molecule has 0 atom stereocenters. The summed E-state index contributed by atoms with van der Waals surface area (Å²) >= 11 is 0. The SMILES string of the molecule is CCCCCCNCc1cn[nH]c1-c1ccc(C)o1. The molecule has 0 aliphatic carbocycles. The van der Waals surface area contributed by atoms with Gasteiger partial charge in [0.2, 0.25) is 0 Å². The smallest absolute Gasteiger partial charge is 0.152 e. The highest BCUT2D eigenvalue weighted by Gasteiger charge is 2.10. The fraction of sp³-hybridized carbons (Fsp3) is 0.533. The van der Waals surface area contributed by atoms with Gasteiger partial charge in [0.1, 0.15) is 11.5 Å². The fourth-order valence-corrected chi connectivity index (χ4v) is 2.13. The van der Waals surface area contributed by atoms with Crippen molar-refractivity contribution in [1.82, 2.24) is 15.5 Å². The molecule has 104 valence electrons. The number of furan rings is 1. The van der Waals surface area contributed by atoms with Crippen LogP contribution in [0.2, 0.25) is 0 Å². The normalized spacial score (nSPS) is 11.1. The number of nitrogens with zero attached hydrogens (tertiary/aromatic N) is 1. The zero-order valence-electron chi connectivity index (χ0n) is 11.8. The van der Waals surface area contributed by atoms with Gasteiger partial charge in [-0.05, 0) is 32.0 Å². The molecule has 2 heterocycles. The van der Waals surface area contributed by atoms with Crippen LogP contribution in [-0.2, 0) is 6.54 Å². The summed E-state index contributed by atoms with van der Waals surface area (Å²) in [5, 5.41) is 10.6. The van der Waals surface area contributed by atoms with Crippen LogP contribution < -0.4 is 5.32 Å². The van der Waals surface area contributed by atoms with E-state index in [-0.39, 0.29) is 0 Å². The van der Waals surface area contributed by atoms with Crippen LogP contribution in [0.25, 0.3) is 11.5 Å². The number of aromatic nitrogens is 2. The molecule has 0 saturated carbocycles. The van der Waals surface area contributed by atoms with Crippen LogP contribution in [0.4, 0.5) is 0 Å². The van der Waals surface area contributed by atoms with Gasteiger partial charge in [-0.1, -0.05) is 26.2 Å². The Morgan fingerprint density at radius 1 is 1.26 bits per heavy atom. The first kappa shape index (κ1) is 13.9. The molecule has 0 spiro atoms. The van der Waals surface area contributed by atoms with E-state index in [0.29, 0.717) is 0 Å². The lowest BCUT2D eigenvalue weighted by atomic mass is 10.2. The van der Waals surface area contributed by atoms with Crippen LogP contribution in [0, 0.1) is 6.92 Å². The highest BCUT2D eigenvalue weighted by Crippen LogP contribution is 2.23. The van der Waals surface area contributed by atoms with Gasteiger partial charge in [0.25, 0.3) is 0 Å². The van der Waals surface area contributed by atoms with E-state index in [9.17, 15) is 0 Å². The molecule has 4 nitrogen and oxygen atoms in total. The van der Waals surface area contributed by atoms with E-state index >= 15 is 0 Å². The van der Waals surface area contributed by atoms with E-state index in [1.807, 2.05) is 25.3 Å². The molecule has 0 radical (unpaired) electrons. The van der Waals surface area contributed by atoms with Crippen molar-refractivity contribution in [2.24, 2.45) is 0 Å². The summed E-state index contributed by atoms with van der Waals surface area (Å²) in [6.45, 7) is 6.07. The minimum absolute atomic E-state index is 0.831. The second kappa shape index (κ2) is 7.14. The number of unbranched alkanes of at least 4 members (excludes halogenated alkanes) is 3. The van der Waals surface area contributed by atoms with Gasteiger partial charge in [0.05, 0.1) is 6.20 Å². The molecule has 0 amide bonds. The summed E-state index contributed by atoms with van der Waals surface area (Å²) in [5.74, 6) is 1.78. The molecule has 2 N–H and O–H groups in total. The Hall–Kier alpha value is -1.55. The maximum absolute atomic E-state index is 5.63. The maximum Gasteiger partial charge on any atom is 0.152 e. The first-order chi connectivity index (χ1) is 9.31. The molecule has 4 heteroatoms. The minimum Gasteiger partial charge on any atom is -0.460 e. The Kier molecular flexibility index (Phi) is 5.21. The van der Waals surface area contributed by atoms with Crippen molar-refractivity contribution in [3.8, 4) is 11.5 Å². The van der Waals surface area contributed by atoms with Crippen LogP contribution in [0.1, 0.15) is 43.9 Å². The Labute approximate surface area is 114 Å². The van der Waals surface area contributed by atoms with E-state index in [0.717, 1.165) is 35.9 Å². The Morgan fingerprint density at radius 3 is 2.89 bits per heavy atom. The second-order valence-corrected chi connectivity index (χ2v) is 4.92. The maximum atomic E-state index is 5.63. The number of aryl methyl sites for hydroxylation is 1. The van der Waals surface area contributed by atoms with Gasteiger partial charge in [0, 0.05) is 12.1 Å². The lowest BCUT2D eigenvalue weighted by Crippen LogP contribution is -2.14. The molecule has 0 fully saturated rings. The van der Waals surface area contributed by atoms with Crippen molar-refractivity contribution in [3.05, 3.63) is 29.7 Å². The van der Waals surface area contributed by atoms with Crippen LogP contribution in [0.5, 0.6) is 0 Å². The quantitative estimate of drug-likeness (QED) is 0.713. The van der Waals surface area contributed by atoms with Gasteiger partial charge in [-0.25, -0.2) is 0 Å². The fourth-order valence-electron chi connectivity index (χ4n) is 2.13. The molecule has 0 aromatic carbocycles. The molecule has 0 saturated heterocycles. The van der Waals surface area contributed by atoms with Gasteiger partial charge in [-0.2, -0.15) is 5.10 Å². The van der Waals surface area contributed by atoms with Crippen molar-refractivity contribution in [1.29, 1.82) is 0 Å². The Balaban J connectivity index is 1.83. The first-order valence-electron chi connectivity index (χ1n) is 7.11. The van der Waals surface area contributed by atoms with E-state index in [2.05, 4.69) is 22.4 Å². The molecule has 2 rings (SSSR count). The van der Waals surface area contributed by atoms with Gasteiger partial charge < -0.3 is 9.73 Å². The van der Waals surface area contributed by atoms with Crippen LogP contribution in [-0.4, -0.2) is 16.7 Å². The molecular weight excluding hydrogens is 238 g/mol. The predicted octanol–water partition coefficient (Wildman–Crippen LogP) is 3.65. The van der Waals surface area contributed by atoms with Crippen LogP contribution >= 0.6 is 0 Å². The molecule has 0 bridgehead atoms. The zero-order valence-corrected chi connectivity index (χ0v) is 11.8. The van der Waals surface area contributed by atoms with Crippen molar-refractivity contribution < 1.29 is 4.42 Å². The number of hydrogen-bond donors (Lipinski definition) is 2.